The van der Waals surface area contributed by atoms with Gasteiger partial charge in [-0.1, -0.05) is 13.3 Å². The van der Waals surface area contributed by atoms with Gasteiger partial charge in [0.25, 0.3) is 0 Å². The molecule has 5 nitrogen and oxygen atoms in total. The van der Waals surface area contributed by atoms with Crippen LogP contribution in [-0.4, -0.2) is 29.1 Å². The molecule has 0 aromatic rings. The van der Waals surface area contributed by atoms with Crippen LogP contribution < -0.4 is 11.1 Å². The Kier molecular flexibility index (Phi) is 5.99. The molecule has 1 saturated carbocycles. The molecule has 20 heavy (non-hydrogen) atoms. The first-order valence-corrected chi connectivity index (χ1v) is 7.57. The molecule has 0 spiro atoms. The molecule has 0 heterocycles. The second-order valence-corrected chi connectivity index (χ2v) is 6.28. The lowest BCUT2D eigenvalue weighted by Crippen LogP contribution is -2.38. The van der Waals surface area contributed by atoms with E-state index in [1.165, 1.54) is 6.92 Å². The minimum Gasteiger partial charge on any atom is -0.481 e. The van der Waals surface area contributed by atoms with Crippen LogP contribution in [0.5, 0.6) is 0 Å². The molecular formula is C15H28N2O3. The highest BCUT2D eigenvalue weighted by Gasteiger charge is 2.44. The number of nitrogens with two attached hydrogens (primary N) is 1. The number of amides is 1. The normalized spacial score (nSPS) is 28.9. The lowest BCUT2D eigenvalue weighted by atomic mass is 9.77. The van der Waals surface area contributed by atoms with Gasteiger partial charge in [-0.05, 0) is 44.9 Å². The molecule has 0 saturated heterocycles. The summed E-state index contributed by atoms with van der Waals surface area (Å²) < 4.78 is 0. The van der Waals surface area contributed by atoms with Crippen molar-refractivity contribution >= 4 is 11.9 Å². The maximum absolute atomic E-state index is 11.6. The van der Waals surface area contributed by atoms with E-state index in [2.05, 4.69) is 12.2 Å². The number of carboxylic acid groups (broad SMARTS) is 1. The summed E-state index contributed by atoms with van der Waals surface area (Å²) in [7, 11) is 0. The first kappa shape index (κ1) is 17.0. The highest BCUT2D eigenvalue weighted by atomic mass is 16.4. The summed E-state index contributed by atoms with van der Waals surface area (Å²) in [4.78, 5) is 22.7. The average Bonchev–Trinajstić information content (AvgIpc) is 2.72. The predicted molar refractivity (Wildman–Crippen MR) is 78.2 cm³/mol. The Morgan fingerprint density at radius 3 is 2.55 bits per heavy atom. The highest BCUT2D eigenvalue weighted by molar-refractivity contribution is 5.75. The second kappa shape index (κ2) is 7.07. The van der Waals surface area contributed by atoms with Crippen LogP contribution in [0.2, 0.25) is 0 Å². The lowest BCUT2D eigenvalue weighted by Gasteiger charge is -2.29. The van der Waals surface area contributed by atoms with E-state index >= 15 is 0 Å². The summed E-state index contributed by atoms with van der Waals surface area (Å²) in [6.45, 7) is 5.58. The smallest absolute Gasteiger partial charge is 0.309 e. The summed E-state index contributed by atoms with van der Waals surface area (Å²) in [6, 6.07) is 0.0948. The van der Waals surface area contributed by atoms with Crippen molar-refractivity contribution in [3.05, 3.63) is 0 Å². The highest BCUT2D eigenvalue weighted by Crippen LogP contribution is 2.43. The third-order valence-corrected chi connectivity index (χ3v) is 4.76. The number of aliphatic carboxylic acids is 1. The van der Waals surface area contributed by atoms with Crippen LogP contribution in [-0.2, 0) is 9.59 Å². The van der Waals surface area contributed by atoms with E-state index < -0.39 is 11.4 Å². The minimum atomic E-state index is -0.715. The first-order chi connectivity index (χ1) is 9.30. The zero-order valence-electron chi connectivity index (χ0n) is 12.8. The molecule has 5 heteroatoms. The van der Waals surface area contributed by atoms with Crippen molar-refractivity contribution in [2.75, 3.05) is 0 Å². The summed E-state index contributed by atoms with van der Waals surface area (Å²) in [5.74, 6) is -0.439. The molecule has 0 bridgehead atoms. The van der Waals surface area contributed by atoms with E-state index in [-0.39, 0.29) is 18.0 Å². The van der Waals surface area contributed by atoms with Gasteiger partial charge in [0.2, 0.25) is 5.91 Å². The molecule has 1 amide bonds. The van der Waals surface area contributed by atoms with Crippen LogP contribution in [0.1, 0.15) is 59.3 Å². The van der Waals surface area contributed by atoms with E-state index in [1.54, 1.807) is 0 Å². The standard InChI is InChI=1S/C15H28N2O3/c1-4-12(10(2)17-11(3)18)5-7-15(14(19)20)8-6-13(16)9-15/h10,12-13H,4-9,16H2,1-3H3,(H,17,18)(H,19,20). The third-order valence-electron chi connectivity index (χ3n) is 4.76. The molecule has 0 aromatic heterocycles. The summed E-state index contributed by atoms with van der Waals surface area (Å²) in [6.07, 6.45) is 4.45. The molecule has 1 rings (SSSR count). The van der Waals surface area contributed by atoms with Gasteiger partial charge in [0.05, 0.1) is 5.41 Å². The van der Waals surface area contributed by atoms with E-state index in [9.17, 15) is 14.7 Å². The topological polar surface area (TPSA) is 92.4 Å². The van der Waals surface area contributed by atoms with Crippen molar-refractivity contribution in [2.24, 2.45) is 17.1 Å². The van der Waals surface area contributed by atoms with Gasteiger partial charge in [0.15, 0.2) is 0 Å². The average molecular weight is 284 g/mol. The fourth-order valence-electron chi connectivity index (χ4n) is 3.40. The summed E-state index contributed by atoms with van der Waals surface area (Å²) in [5.41, 5.74) is 5.24. The van der Waals surface area contributed by atoms with Crippen molar-refractivity contribution in [2.45, 2.75) is 71.4 Å². The molecule has 1 fully saturated rings. The van der Waals surface area contributed by atoms with Crippen LogP contribution in [0.4, 0.5) is 0 Å². The largest absolute Gasteiger partial charge is 0.481 e. The summed E-state index contributed by atoms with van der Waals surface area (Å²) >= 11 is 0. The Balaban J connectivity index is 2.61. The van der Waals surface area contributed by atoms with Gasteiger partial charge in [0, 0.05) is 19.0 Å². The summed E-state index contributed by atoms with van der Waals surface area (Å²) in [5, 5.41) is 12.4. The fraction of sp³-hybridized carbons (Fsp3) is 0.867. The number of hydrogen-bond donors (Lipinski definition) is 3. The molecule has 116 valence electrons. The SMILES string of the molecule is CCC(CCC1(C(=O)O)CCC(N)C1)C(C)NC(C)=O. The molecule has 1 aliphatic rings. The maximum Gasteiger partial charge on any atom is 0.309 e. The number of rotatable bonds is 7. The Hall–Kier alpha value is -1.10. The molecule has 1 aliphatic carbocycles. The van der Waals surface area contributed by atoms with Crippen molar-refractivity contribution in [3.8, 4) is 0 Å². The fourth-order valence-corrected chi connectivity index (χ4v) is 3.40. The quantitative estimate of drug-likeness (QED) is 0.665. The Morgan fingerprint density at radius 2 is 2.15 bits per heavy atom. The first-order valence-electron chi connectivity index (χ1n) is 7.57. The predicted octanol–water partition coefficient (Wildman–Crippen LogP) is 1.90. The Labute approximate surface area is 121 Å². The van der Waals surface area contributed by atoms with Gasteiger partial charge in [-0.25, -0.2) is 0 Å². The van der Waals surface area contributed by atoms with Gasteiger partial charge < -0.3 is 16.2 Å². The van der Waals surface area contributed by atoms with Gasteiger partial charge in [-0.3, -0.25) is 9.59 Å². The zero-order chi connectivity index (χ0) is 15.3. The molecule has 4 unspecified atom stereocenters. The Bertz CT molecular complexity index is 359. The minimum absolute atomic E-state index is 0.0129. The maximum atomic E-state index is 11.6. The van der Waals surface area contributed by atoms with Gasteiger partial charge in [0.1, 0.15) is 0 Å². The van der Waals surface area contributed by atoms with E-state index in [0.717, 1.165) is 19.3 Å². The van der Waals surface area contributed by atoms with Crippen LogP contribution in [0.25, 0.3) is 0 Å². The van der Waals surface area contributed by atoms with E-state index in [0.29, 0.717) is 25.2 Å². The van der Waals surface area contributed by atoms with Crippen LogP contribution in [0, 0.1) is 11.3 Å². The van der Waals surface area contributed by atoms with Crippen molar-refractivity contribution in [3.63, 3.8) is 0 Å². The Morgan fingerprint density at radius 1 is 1.50 bits per heavy atom. The number of hydrogen-bond acceptors (Lipinski definition) is 3. The van der Waals surface area contributed by atoms with E-state index in [4.69, 9.17) is 5.73 Å². The number of carboxylic acids is 1. The molecule has 4 N–H and O–H groups in total. The van der Waals surface area contributed by atoms with Gasteiger partial charge in [-0.2, -0.15) is 0 Å². The van der Waals surface area contributed by atoms with E-state index in [1.807, 2.05) is 6.92 Å². The number of carbonyl (C=O) groups is 2. The number of nitrogens with one attached hydrogen (secondary N) is 1. The molecular weight excluding hydrogens is 256 g/mol. The van der Waals surface area contributed by atoms with Crippen molar-refractivity contribution < 1.29 is 14.7 Å². The van der Waals surface area contributed by atoms with Crippen LogP contribution in [0.15, 0.2) is 0 Å². The van der Waals surface area contributed by atoms with Crippen molar-refractivity contribution in [1.29, 1.82) is 0 Å². The monoisotopic (exact) mass is 284 g/mol. The van der Waals surface area contributed by atoms with Gasteiger partial charge >= 0.3 is 5.97 Å². The third kappa shape index (κ3) is 4.20. The molecule has 0 aromatic carbocycles. The molecule has 0 aliphatic heterocycles. The number of carbonyl (C=O) groups excluding carboxylic acids is 1. The van der Waals surface area contributed by atoms with Crippen LogP contribution >= 0.6 is 0 Å². The molecule has 4 atom stereocenters. The van der Waals surface area contributed by atoms with Crippen molar-refractivity contribution in [1.82, 2.24) is 5.32 Å². The lowest BCUT2D eigenvalue weighted by molar-refractivity contribution is -0.149. The van der Waals surface area contributed by atoms with Crippen LogP contribution in [0.3, 0.4) is 0 Å². The zero-order valence-corrected chi connectivity index (χ0v) is 12.8. The second-order valence-electron chi connectivity index (χ2n) is 6.28. The van der Waals surface area contributed by atoms with Gasteiger partial charge in [-0.15, -0.1) is 0 Å². The molecule has 0 radical (unpaired) electrons.